The number of benzene rings is 2. The van der Waals surface area contributed by atoms with Gasteiger partial charge in [-0.3, -0.25) is 0 Å². The molecule has 0 spiro atoms. The van der Waals surface area contributed by atoms with Gasteiger partial charge in [-0.25, -0.2) is 9.59 Å². The van der Waals surface area contributed by atoms with Crippen LogP contribution in [0.5, 0.6) is 23.0 Å². The van der Waals surface area contributed by atoms with Crippen molar-refractivity contribution >= 4 is 11.9 Å². The number of hydrogen-bond donors (Lipinski definition) is 0. The quantitative estimate of drug-likeness (QED) is 0.311. The van der Waals surface area contributed by atoms with Crippen molar-refractivity contribution in [2.24, 2.45) is 0 Å². The smallest absolute Gasteiger partial charge is 0.338 e. The van der Waals surface area contributed by atoms with E-state index in [0.29, 0.717) is 73.6 Å². The van der Waals surface area contributed by atoms with Crippen molar-refractivity contribution in [1.29, 1.82) is 0 Å². The minimum atomic E-state index is -0.422. The number of fused-ring (bicyclic) bond motifs is 2. The van der Waals surface area contributed by atoms with E-state index in [1.165, 1.54) is 0 Å². The highest BCUT2D eigenvalue weighted by molar-refractivity contribution is 5.90. The summed E-state index contributed by atoms with van der Waals surface area (Å²) >= 11 is 0. The molecular formula is C34H50N2O10. The molecule has 0 aliphatic carbocycles. The molecule has 1 aliphatic heterocycles. The van der Waals surface area contributed by atoms with Gasteiger partial charge in [0.2, 0.25) is 0 Å². The van der Waals surface area contributed by atoms with Gasteiger partial charge in [-0.1, -0.05) is 27.7 Å². The molecule has 0 saturated carbocycles. The Balaban J connectivity index is 1.56. The second kappa shape index (κ2) is 21.3. The molecule has 2 aromatic rings. The van der Waals surface area contributed by atoms with Crippen LogP contribution in [-0.2, 0) is 18.9 Å². The van der Waals surface area contributed by atoms with E-state index in [9.17, 15) is 9.59 Å². The van der Waals surface area contributed by atoms with Crippen LogP contribution >= 0.6 is 0 Å². The molecule has 46 heavy (non-hydrogen) atoms. The van der Waals surface area contributed by atoms with Crippen LogP contribution in [0.3, 0.4) is 0 Å². The SMILES string of the molecule is CCN(CC)CCOC(=O)c1ccc2c(c1)OCCOCCOc1ccc(C(=O)OCCN(CC)CC)cc1OCCOCCO2. The summed E-state index contributed by atoms with van der Waals surface area (Å²) in [6, 6.07) is 9.94. The van der Waals surface area contributed by atoms with E-state index in [-0.39, 0.29) is 39.6 Å². The molecule has 1 aliphatic rings. The molecule has 0 unspecified atom stereocenters. The van der Waals surface area contributed by atoms with E-state index in [2.05, 4.69) is 37.5 Å². The summed E-state index contributed by atoms with van der Waals surface area (Å²) in [4.78, 5) is 29.7. The van der Waals surface area contributed by atoms with Gasteiger partial charge in [0.05, 0.1) is 37.6 Å². The molecule has 0 aromatic heterocycles. The Labute approximate surface area is 272 Å². The first-order chi connectivity index (χ1) is 22.5. The van der Waals surface area contributed by atoms with Crippen molar-refractivity contribution in [3.8, 4) is 23.0 Å². The topological polar surface area (TPSA) is 114 Å². The number of ether oxygens (including phenoxy) is 8. The summed E-state index contributed by atoms with van der Waals surface area (Å²) in [6.45, 7) is 16.0. The maximum absolute atomic E-state index is 12.7. The lowest BCUT2D eigenvalue weighted by molar-refractivity contribution is 0.0455. The zero-order chi connectivity index (χ0) is 33.0. The average Bonchev–Trinajstić information content (AvgIpc) is 3.07. The predicted molar refractivity (Wildman–Crippen MR) is 173 cm³/mol. The number of nitrogens with zero attached hydrogens (tertiary/aromatic N) is 2. The van der Waals surface area contributed by atoms with Crippen LogP contribution in [-0.4, -0.2) is 127 Å². The van der Waals surface area contributed by atoms with E-state index in [4.69, 9.17) is 37.9 Å². The normalized spacial score (nSPS) is 14.7. The number of carbonyl (C=O) groups is 2. The van der Waals surface area contributed by atoms with Gasteiger partial charge >= 0.3 is 11.9 Å². The molecule has 3 rings (SSSR count). The minimum absolute atomic E-state index is 0.229. The zero-order valence-corrected chi connectivity index (χ0v) is 27.8. The first-order valence-corrected chi connectivity index (χ1v) is 16.2. The largest absolute Gasteiger partial charge is 0.487 e. The first-order valence-electron chi connectivity index (χ1n) is 16.2. The standard InChI is InChI=1S/C34H50N2O10/c1-5-35(6-2)13-15-45-33(37)27-9-11-29-31(25-27)43-23-19-39-18-22-42-30-12-10-28(34(38)46-16-14-36(7-3)8-4)26-32(30)44-24-20-40-17-21-41-29/h9-12,25-26H,5-8,13-24H2,1-4H3. The van der Waals surface area contributed by atoms with Crippen LogP contribution in [0, 0.1) is 0 Å². The molecule has 0 saturated heterocycles. The van der Waals surface area contributed by atoms with E-state index in [1.807, 2.05) is 0 Å². The third-order valence-corrected chi connectivity index (χ3v) is 7.37. The fraction of sp³-hybridized carbons (Fsp3) is 0.588. The van der Waals surface area contributed by atoms with E-state index < -0.39 is 11.9 Å². The van der Waals surface area contributed by atoms with Crippen molar-refractivity contribution < 1.29 is 47.5 Å². The van der Waals surface area contributed by atoms with Crippen LogP contribution in [0.1, 0.15) is 48.4 Å². The average molecular weight is 647 g/mol. The van der Waals surface area contributed by atoms with Crippen LogP contribution in [0.2, 0.25) is 0 Å². The number of esters is 2. The summed E-state index contributed by atoms with van der Waals surface area (Å²) in [5.41, 5.74) is 0.753. The molecule has 0 amide bonds. The van der Waals surface area contributed by atoms with Crippen LogP contribution in [0.25, 0.3) is 0 Å². The Morgan fingerprint density at radius 3 is 1.24 bits per heavy atom. The lowest BCUT2D eigenvalue weighted by Crippen LogP contribution is -2.27. The molecule has 256 valence electrons. The number of rotatable bonds is 12. The molecule has 0 bridgehead atoms. The maximum atomic E-state index is 12.7. The summed E-state index contributed by atoms with van der Waals surface area (Å²) < 4.78 is 46.0. The molecule has 0 N–H and O–H groups in total. The van der Waals surface area contributed by atoms with Crippen molar-refractivity contribution in [3.63, 3.8) is 0 Å². The van der Waals surface area contributed by atoms with Gasteiger partial charge < -0.3 is 47.7 Å². The lowest BCUT2D eigenvalue weighted by Gasteiger charge is -2.18. The predicted octanol–water partition coefficient (Wildman–Crippen LogP) is 3.95. The molecule has 0 atom stereocenters. The molecule has 12 nitrogen and oxygen atoms in total. The minimum Gasteiger partial charge on any atom is -0.487 e. The monoisotopic (exact) mass is 646 g/mol. The summed E-state index contributed by atoms with van der Waals surface area (Å²) in [7, 11) is 0. The second-order valence-electron chi connectivity index (χ2n) is 10.3. The molecule has 12 heteroatoms. The maximum Gasteiger partial charge on any atom is 0.338 e. The van der Waals surface area contributed by atoms with Crippen molar-refractivity contribution in [1.82, 2.24) is 9.80 Å². The van der Waals surface area contributed by atoms with Crippen LogP contribution < -0.4 is 18.9 Å². The molecule has 1 heterocycles. The van der Waals surface area contributed by atoms with Gasteiger partial charge in [0.1, 0.15) is 39.6 Å². The van der Waals surface area contributed by atoms with Gasteiger partial charge in [0, 0.05) is 13.1 Å². The van der Waals surface area contributed by atoms with Crippen LogP contribution in [0.4, 0.5) is 0 Å². The highest BCUT2D eigenvalue weighted by atomic mass is 16.6. The van der Waals surface area contributed by atoms with Crippen molar-refractivity contribution in [2.45, 2.75) is 27.7 Å². The lowest BCUT2D eigenvalue weighted by atomic mass is 10.2. The number of hydrogen-bond acceptors (Lipinski definition) is 12. The molecule has 0 fully saturated rings. The Kier molecular flexibility index (Phi) is 17.0. The fourth-order valence-electron chi connectivity index (χ4n) is 4.56. The van der Waals surface area contributed by atoms with Gasteiger partial charge in [0.15, 0.2) is 23.0 Å². The Morgan fingerprint density at radius 2 is 0.891 bits per heavy atom. The third-order valence-electron chi connectivity index (χ3n) is 7.37. The number of carbonyl (C=O) groups excluding carboxylic acids is 2. The van der Waals surface area contributed by atoms with Crippen molar-refractivity contribution in [2.75, 3.05) is 105 Å². The highest BCUT2D eigenvalue weighted by Crippen LogP contribution is 2.30. The van der Waals surface area contributed by atoms with E-state index in [0.717, 1.165) is 26.2 Å². The molecular weight excluding hydrogens is 596 g/mol. The van der Waals surface area contributed by atoms with Crippen LogP contribution in [0.15, 0.2) is 36.4 Å². The summed E-state index contributed by atoms with van der Waals surface area (Å²) in [6.07, 6.45) is 0. The molecule has 2 aromatic carbocycles. The Bertz CT molecular complexity index is 1100. The second-order valence-corrected chi connectivity index (χ2v) is 10.3. The van der Waals surface area contributed by atoms with Gasteiger partial charge in [-0.2, -0.15) is 0 Å². The fourth-order valence-corrected chi connectivity index (χ4v) is 4.56. The highest BCUT2D eigenvalue weighted by Gasteiger charge is 2.16. The van der Waals surface area contributed by atoms with E-state index >= 15 is 0 Å². The van der Waals surface area contributed by atoms with Crippen molar-refractivity contribution in [3.05, 3.63) is 47.5 Å². The number of likely N-dealkylation sites (N-methyl/N-ethyl adjacent to an activating group) is 2. The summed E-state index contributed by atoms with van der Waals surface area (Å²) in [5.74, 6) is 0.949. The first kappa shape index (κ1) is 36.9. The Morgan fingerprint density at radius 1 is 0.543 bits per heavy atom. The Hall–Kier alpha value is -3.58. The van der Waals surface area contributed by atoms with E-state index in [1.54, 1.807) is 36.4 Å². The zero-order valence-electron chi connectivity index (χ0n) is 27.8. The molecule has 0 radical (unpaired) electrons. The third kappa shape index (κ3) is 12.7. The van der Waals surface area contributed by atoms with Gasteiger partial charge in [-0.05, 0) is 62.6 Å². The van der Waals surface area contributed by atoms with Gasteiger partial charge in [-0.15, -0.1) is 0 Å². The summed E-state index contributed by atoms with van der Waals surface area (Å²) in [5, 5.41) is 0. The van der Waals surface area contributed by atoms with Gasteiger partial charge in [0.25, 0.3) is 0 Å².